The molecule has 1 heterocycles. The Morgan fingerprint density at radius 3 is 2.83 bits per heavy atom. The van der Waals surface area contributed by atoms with Crippen LogP contribution in [0.5, 0.6) is 0 Å². The van der Waals surface area contributed by atoms with Crippen molar-refractivity contribution in [1.29, 1.82) is 0 Å². The fourth-order valence-corrected chi connectivity index (χ4v) is 2.57. The Bertz CT molecular complexity index is 390. The van der Waals surface area contributed by atoms with E-state index in [0.717, 1.165) is 25.8 Å². The van der Waals surface area contributed by atoms with E-state index in [9.17, 15) is 5.11 Å². The molecule has 102 valence electrons. The quantitative estimate of drug-likeness (QED) is 0.830. The fourth-order valence-electron chi connectivity index (χ4n) is 2.31. The van der Waals surface area contributed by atoms with Gasteiger partial charge in [0.25, 0.3) is 0 Å². The second-order valence-corrected chi connectivity index (χ2v) is 5.21. The summed E-state index contributed by atoms with van der Waals surface area (Å²) in [6, 6.07) is 0. The summed E-state index contributed by atoms with van der Waals surface area (Å²) in [7, 11) is 0. The summed E-state index contributed by atoms with van der Waals surface area (Å²) in [5.41, 5.74) is 0.698. The lowest BCUT2D eigenvalue weighted by molar-refractivity contribution is -0.0495. The lowest BCUT2D eigenvalue weighted by Crippen LogP contribution is -2.27. The predicted octanol–water partition coefficient (Wildman–Crippen LogP) is 2.80. The Hall–Kier alpha value is -0.580. The number of halogens is 1. The largest absolute Gasteiger partial charge is 0.384 e. The molecule has 0 radical (unpaired) electrons. The zero-order chi connectivity index (χ0) is 13.1. The van der Waals surface area contributed by atoms with Crippen LogP contribution in [0.15, 0.2) is 6.20 Å². The zero-order valence-electron chi connectivity index (χ0n) is 11.0. The van der Waals surface area contributed by atoms with Gasteiger partial charge in [0.05, 0.1) is 23.0 Å². The van der Waals surface area contributed by atoms with E-state index in [1.54, 1.807) is 10.9 Å². The SMILES string of the molecule is CCCn1ncc(Cl)c1C(O)C(OCC)C1CC1. The number of aryl methyl sites for hydroxylation is 1. The summed E-state index contributed by atoms with van der Waals surface area (Å²) in [5, 5.41) is 15.3. The average Bonchev–Trinajstić information content (AvgIpc) is 3.11. The normalized spacial score (nSPS) is 18.9. The number of ether oxygens (including phenoxy) is 1. The third kappa shape index (κ3) is 2.87. The first-order valence-corrected chi connectivity index (χ1v) is 7.07. The van der Waals surface area contributed by atoms with Crippen molar-refractivity contribution in [2.75, 3.05) is 6.61 Å². The van der Waals surface area contributed by atoms with Gasteiger partial charge in [-0.3, -0.25) is 4.68 Å². The van der Waals surface area contributed by atoms with Crippen molar-refractivity contribution in [2.24, 2.45) is 5.92 Å². The molecule has 0 aromatic carbocycles. The van der Waals surface area contributed by atoms with Gasteiger partial charge in [0.1, 0.15) is 6.10 Å². The van der Waals surface area contributed by atoms with Crippen LogP contribution < -0.4 is 0 Å². The highest BCUT2D eigenvalue weighted by Crippen LogP contribution is 2.41. The molecule has 1 N–H and O–H groups in total. The Kier molecular flexibility index (Phi) is 4.65. The molecule has 0 amide bonds. The lowest BCUT2D eigenvalue weighted by Gasteiger charge is -2.23. The molecule has 2 unspecified atom stereocenters. The van der Waals surface area contributed by atoms with Gasteiger partial charge in [0.15, 0.2) is 0 Å². The van der Waals surface area contributed by atoms with Crippen LogP contribution in [0.25, 0.3) is 0 Å². The van der Waals surface area contributed by atoms with Crippen molar-refractivity contribution < 1.29 is 9.84 Å². The van der Waals surface area contributed by atoms with Crippen LogP contribution in [-0.4, -0.2) is 27.6 Å². The van der Waals surface area contributed by atoms with Crippen LogP contribution >= 0.6 is 11.6 Å². The molecule has 0 spiro atoms. The highest BCUT2D eigenvalue weighted by molar-refractivity contribution is 6.31. The molecule has 1 aromatic rings. The van der Waals surface area contributed by atoms with Crippen molar-refractivity contribution in [2.45, 2.75) is 51.9 Å². The Balaban J connectivity index is 2.19. The van der Waals surface area contributed by atoms with Crippen molar-refractivity contribution >= 4 is 11.6 Å². The second kappa shape index (κ2) is 6.04. The maximum absolute atomic E-state index is 10.5. The van der Waals surface area contributed by atoms with E-state index in [-0.39, 0.29) is 6.10 Å². The van der Waals surface area contributed by atoms with E-state index in [4.69, 9.17) is 16.3 Å². The zero-order valence-corrected chi connectivity index (χ0v) is 11.7. The molecule has 5 heteroatoms. The summed E-state index contributed by atoms with van der Waals surface area (Å²) in [5.74, 6) is 0.459. The van der Waals surface area contributed by atoms with Crippen LogP contribution in [0.2, 0.25) is 5.02 Å². The number of rotatable bonds is 7. The van der Waals surface area contributed by atoms with Crippen molar-refractivity contribution in [3.05, 3.63) is 16.9 Å². The van der Waals surface area contributed by atoms with Gasteiger partial charge in [-0.1, -0.05) is 18.5 Å². The summed E-state index contributed by atoms with van der Waals surface area (Å²) >= 11 is 6.15. The average molecular weight is 273 g/mol. The van der Waals surface area contributed by atoms with E-state index < -0.39 is 6.10 Å². The summed E-state index contributed by atoms with van der Waals surface area (Å²) in [6.45, 7) is 5.40. The van der Waals surface area contributed by atoms with E-state index >= 15 is 0 Å². The topological polar surface area (TPSA) is 47.3 Å². The van der Waals surface area contributed by atoms with Crippen molar-refractivity contribution in [3.8, 4) is 0 Å². The minimum Gasteiger partial charge on any atom is -0.384 e. The molecular weight excluding hydrogens is 252 g/mol. The highest BCUT2D eigenvalue weighted by Gasteiger charge is 2.39. The van der Waals surface area contributed by atoms with E-state index in [2.05, 4.69) is 12.0 Å². The third-order valence-corrected chi connectivity index (χ3v) is 3.60. The lowest BCUT2D eigenvalue weighted by atomic mass is 10.1. The summed E-state index contributed by atoms with van der Waals surface area (Å²) < 4.78 is 7.48. The van der Waals surface area contributed by atoms with Gasteiger partial charge >= 0.3 is 0 Å². The minimum absolute atomic E-state index is 0.153. The number of hydrogen-bond acceptors (Lipinski definition) is 3. The number of aromatic nitrogens is 2. The molecule has 0 saturated heterocycles. The van der Waals surface area contributed by atoms with Crippen molar-refractivity contribution in [3.63, 3.8) is 0 Å². The fraction of sp³-hybridized carbons (Fsp3) is 0.769. The van der Waals surface area contributed by atoms with Gasteiger partial charge in [-0.25, -0.2) is 0 Å². The van der Waals surface area contributed by atoms with Gasteiger partial charge in [0.2, 0.25) is 0 Å². The van der Waals surface area contributed by atoms with Gasteiger partial charge < -0.3 is 9.84 Å². The first-order chi connectivity index (χ1) is 8.69. The predicted molar refractivity (Wildman–Crippen MR) is 70.6 cm³/mol. The maximum Gasteiger partial charge on any atom is 0.123 e. The summed E-state index contributed by atoms with van der Waals surface area (Å²) in [4.78, 5) is 0. The Morgan fingerprint density at radius 2 is 2.28 bits per heavy atom. The first-order valence-electron chi connectivity index (χ1n) is 6.69. The van der Waals surface area contributed by atoms with E-state index in [1.807, 2.05) is 6.92 Å². The molecule has 1 aromatic heterocycles. The van der Waals surface area contributed by atoms with Gasteiger partial charge in [-0.05, 0) is 32.1 Å². The molecular formula is C13H21ClN2O2. The molecule has 2 atom stereocenters. The molecule has 4 nitrogen and oxygen atoms in total. The van der Waals surface area contributed by atoms with Crippen LogP contribution in [0.3, 0.4) is 0 Å². The van der Waals surface area contributed by atoms with Gasteiger partial charge in [0, 0.05) is 13.2 Å². The molecule has 1 saturated carbocycles. The molecule has 2 rings (SSSR count). The summed E-state index contributed by atoms with van der Waals surface area (Å²) in [6.07, 6.45) is 3.98. The van der Waals surface area contributed by atoms with Crippen LogP contribution in [0.1, 0.15) is 44.9 Å². The molecule has 1 aliphatic rings. The first kappa shape index (κ1) is 13.8. The van der Waals surface area contributed by atoms with Crippen LogP contribution in [-0.2, 0) is 11.3 Å². The smallest absolute Gasteiger partial charge is 0.123 e. The third-order valence-electron chi connectivity index (χ3n) is 3.31. The molecule has 0 bridgehead atoms. The highest BCUT2D eigenvalue weighted by atomic mass is 35.5. The second-order valence-electron chi connectivity index (χ2n) is 4.80. The molecule has 18 heavy (non-hydrogen) atoms. The van der Waals surface area contributed by atoms with Crippen LogP contribution in [0.4, 0.5) is 0 Å². The number of hydrogen-bond donors (Lipinski definition) is 1. The Morgan fingerprint density at radius 1 is 1.56 bits per heavy atom. The molecule has 0 aliphatic heterocycles. The standard InChI is InChI=1S/C13H21ClN2O2/c1-3-7-16-11(10(14)8-15-16)12(17)13(18-4-2)9-5-6-9/h8-9,12-13,17H,3-7H2,1-2H3. The molecule has 1 fully saturated rings. The monoisotopic (exact) mass is 272 g/mol. The van der Waals surface area contributed by atoms with Gasteiger partial charge in [-0.15, -0.1) is 0 Å². The Labute approximate surface area is 113 Å². The van der Waals surface area contributed by atoms with Gasteiger partial charge in [-0.2, -0.15) is 5.10 Å². The number of aliphatic hydroxyl groups excluding tert-OH is 1. The molecule has 1 aliphatic carbocycles. The maximum atomic E-state index is 10.5. The van der Waals surface area contributed by atoms with E-state index in [1.165, 1.54) is 0 Å². The number of aliphatic hydroxyl groups is 1. The van der Waals surface area contributed by atoms with Crippen molar-refractivity contribution in [1.82, 2.24) is 9.78 Å². The van der Waals surface area contributed by atoms with Crippen LogP contribution in [0, 0.1) is 5.92 Å². The number of nitrogens with zero attached hydrogens (tertiary/aromatic N) is 2. The van der Waals surface area contributed by atoms with E-state index in [0.29, 0.717) is 23.2 Å². The minimum atomic E-state index is -0.681.